The Balaban J connectivity index is 2.39. The highest BCUT2D eigenvalue weighted by atomic mass is 32.2. The van der Waals surface area contributed by atoms with E-state index in [-0.39, 0.29) is 16.6 Å². The van der Waals surface area contributed by atoms with Gasteiger partial charge in [-0.1, -0.05) is 6.07 Å². The summed E-state index contributed by atoms with van der Waals surface area (Å²) >= 11 is 0. The van der Waals surface area contributed by atoms with Gasteiger partial charge in [0.15, 0.2) is 0 Å². The molecule has 0 spiro atoms. The zero-order chi connectivity index (χ0) is 14.9. The van der Waals surface area contributed by atoms with Crippen LogP contribution < -0.4 is 5.32 Å². The van der Waals surface area contributed by atoms with E-state index in [2.05, 4.69) is 5.32 Å². The Bertz CT molecular complexity index is 630. The second-order valence-electron chi connectivity index (χ2n) is 4.84. The summed E-state index contributed by atoms with van der Waals surface area (Å²) in [5.74, 6) is 0. The van der Waals surface area contributed by atoms with Gasteiger partial charge in [0.05, 0.1) is 9.82 Å². The average Bonchev–Trinajstić information content (AvgIpc) is 2.88. The Kier molecular flexibility index (Phi) is 4.07. The lowest BCUT2D eigenvalue weighted by Crippen LogP contribution is -2.33. The van der Waals surface area contributed by atoms with Gasteiger partial charge in [0.2, 0.25) is 10.0 Å². The molecule has 1 N–H and O–H groups in total. The number of hydrogen-bond acceptors (Lipinski definition) is 5. The molecule has 1 saturated heterocycles. The number of nitro benzene ring substituents is 1. The Morgan fingerprint density at radius 2 is 2.15 bits per heavy atom. The Labute approximate surface area is 117 Å². The minimum Gasteiger partial charge on any atom is -0.316 e. The Morgan fingerprint density at radius 1 is 1.45 bits per heavy atom. The summed E-state index contributed by atoms with van der Waals surface area (Å²) < 4.78 is 26.5. The molecule has 110 valence electrons. The van der Waals surface area contributed by atoms with Gasteiger partial charge < -0.3 is 5.32 Å². The second kappa shape index (κ2) is 5.47. The number of aryl methyl sites for hydroxylation is 1. The third-order valence-corrected chi connectivity index (χ3v) is 5.57. The van der Waals surface area contributed by atoms with E-state index in [4.69, 9.17) is 0 Å². The van der Waals surface area contributed by atoms with E-state index in [1.165, 1.54) is 16.4 Å². The third kappa shape index (κ3) is 2.67. The van der Waals surface area contributed by atoms with Gasteiger partial charge in [-0.05, 0) is 26.0 Å². The first kappa shape index (κ1) is 14.9. The maximum Gasteiger partial charge on any atom is 0.270 e. The highest BCUT2D eigenvalue weighted by Crippen LogP contribution is 2.27. The van der Waals surface area contributed by atoms with Crippen molar-refractivity contribution in [2.75, 3.05) is 20.1 Å². The highest BCUT2D eigenvalue weighted by molar-refractivity contribution is 7.89. The van der Waals surface area contributed by atoms with Gasteiger partial charge in [-0.3, -0.25) is 10.1 Å². The SMILES string of the molecule is CNC1CCN(S(=O)(=O)c2cc([N+](=O)[O-])ccc2C)C1. The largest absolute Gasteiger partial charge is 0.316 e. The molecule has 1 aliphatic rings. The molecule has 0 bridgehead atoms. The van der Waals surface area contributed by atoms with E-state index in [0.717, 1.165) is 12.5 Å². The van der Waals surface area contributed by atoms with Gasteiger partial charge in [-0.25, -0.2) is 8.42 Å². The molecular formula is C12H17N3O4S. The number of likely N-dealkylation sites (N-methyl/N-ethyl adjacent to an activating group) is 1. The van der Waals surface area contributed by atoms with Crippen LogP contribution in [0.2, 0.25) is 0 Å². The molecule has 1 heterocycles. The van der Waals surface area contributed by atoms with E-state index in [9.17, 15) is 18.5 Å². The minimum atomic E-state index is -3.68. The first-order valence-corrected chi connectivity index (χ1v) is 7.72. The molecule has 1 aliphatic heterocycles. The molecule has 7 nitrogen and oxygen atoms in total. The highest BCUT2D eigenvalue weighted by Gasteiger charge is 2.33. The Hall–Kier alpha value is -1.51. The maximum absolute atomic E-state index is 12.6. The van der Waals surface area contributed by atoms with Crippen LogP contribution >= 0.6 is 0 Å². The van der Waals surface area contributed by atoms with Crippen LogP contribution in [0.15, 0.2) is 23.1 Å². The summed E-state index contributed by atoms with van der Waals surface area (Å²) in [6, 6.07) is 4.05. The summed E-state index contributed by atoms with van der Waals surface area (Å²) in [6.45, 7) is 2.46. The molecule has 1 unspecified atom stereocenters. The van der Waals surface area contributed by atoms with Crippen LogP contribution in [0.3, 0.4) is 0 Å². The lowest BCUT2D eigenvalue weighted by atomic mass is 10.2. The molecule has 0 aromatic heterocycles. The number of nitro groups is 1. The van der Waals surface area contributed by atoms with Crippen LogP contribution in [-0.4, -0.2) is 43.8 Å². The molecule has 0 radical (unpaired) electrons. The van der Waals surface area contributed by atoms with E-state index in [0.29, 0.717) is 18.7 Å². The van der Waals surface area contributed by atoms with Crippen molar-refractivity contribution in [3.05, 3.63) is 33.9 Å². The van der Waals surface area contributed by atoms with Gasteiger partial charge in [-0.2, -0.15) is 4.31 Å². The topological polar surface area (TPSA) is 92.6 Å². The molecular weight excluding hydrogens is 282 g/mol. The molecule has 2 rings (SSSR count). The number of benzene rings is 1. The fourth-order valence-corrected chi connectivity index (χ4v) is 4.05. The van der Waals surface area contributed by atoms with Crippen LogP contribution in [0.5, 0.6) is 0 Å². The van der Waals surface area contributed by atoms with E-state index in [1.807, 2.05) is 0 Å². The number of non-ortho nitro benzene ring substituents is 1. The van der Waals surface area contributed by atoms with Crippen LogP contribution in [-0.2, 0) is 10.0 Å². The molecule has 1 aromatic carbocycles. The number of hydrogen-bond donors (Lipinski definition) is 1. The Morgan fingerprint density at radius 3 is 2.70 bits per heavy atom. The molecule has 1 aromatic rings. The fourth-order valence-electron chi connectivity index (χ4n) is 2.30. The van der Waals surface area contributed by atoms with Gasteiger partial charge in [0.25, 0.3) is 5.69 Å². The van der Waals surface area contributed by atoms with Gasteiger partial charge in [-0.15, -0.1) is 0 Å². The monoisotopic (exact) mass is 299 g/mol. The lowest BCUT2D eigenvalue weighted by molar-refractivity contribution is -0.385. The van der Waals surface area contributed by atoms with Crippen molar-refractivity contribution in [2.45, 2.75) is 24.3 Å². The van der Waals surface area contributed by atoms with Crippen molar-refractivity contribution in [1.82, 2.24) is 9.62 Å². The predicted molar refractivity (Wildman–Crippen MR) is 74.1 cm³/mol. The number of sulfonamides is 1. The predicted octanol–water partition coefficient (Wildman–Crippen LogP) is 0.886. The quantitative estimate of drug-likeness (QED) is 0.658. The van der Waals surface area contributed by atoms with Crippen LogP contribution in [0, 0.1) is 17.0 Å². The molecule has 20 heavy (non-hydrogen) atoms. The number of rotatable bonds is 4. The zero-order valence-corrected chi connectivity index (χ0v) is 12.2. The summed E-state index contributed by atoms with van der Waals surface area (Å²) in [7, 11) is -1.89. The molecule has 0 amide bonds. The van der Waals surface area contributed by atoms with E-state index >= 15 is 0 Å². The lowest BCUT2D eigenvalue weighted by Gasteiger charge is -2.17. The molecule has 0 saturated carbocycles. The second-order valence-corrected chi connectivity index (χ2v) is 6.75. The smallest absolute Gasteiger partial charge is 0.270 e. The number of nitrogens with zero attached hydrogens (tertiary/aromatic N) is 2. The zero-order valence-electron chi connectivity index (χ0n) is 11.4. The first-order chi connectivity index (χ1) is 9.36. The van der Waals surface area contributed by atoms with Gasteiger partial charge >= 0.3 is 0 Å². The summed E-state index contributed by atoms with van der Waals surface area (Å²) in [4.78, 5) is 10.2. The van der Waals surface area contributed by atoms with Gasteiger partial charge in [0.1, 0.15) is 0 Å². The molecule has 8 heteroatoms. The van der Waals surface area contributed by atoms with Crippen molar-refractivity contribution in [1.29, 1.82) is 0 Å². The van der Waals surface area contributed by atoms with Crippen molar-refractivity contribution >= 4 is 15.7 Å². The van der Waals surface area contributed by atoms with Crippen molar-refractivity contribution in [3.63, 3.8) is 0 Å². The summed E-state index contributed by atoms with van der Waals surface area (Å²) in [5, 5.41) is 13.8. The molecule has 1 fully saturated rings. The van der Waals surface area contributed by atoms with E-state index < -0.39 is 14.9 Å². The van der Waals surface area contributed by atoms with Crippen molar-refractivity contribution in [2.24, 2.45) is 0 Å². The normalized spacial score (nSPS) is 20.2. The number of nitrogens with one attached hydrogen (secondary N) is 1. The molecule has 0 aliphatic carbocycles. The molecule has 1 atom stereocenters. The standard InChI is InChI=1S/C12H17N3O4S/c1-9-3-4-11(15(16)17)7-12(9)20(18,19)14-6-5-10(8-14)13-2/h3-4,7,10,13H,5-6,8H2,1-2H3. The van der Waals surface area contributed by atoms with Crippen LogP contribution in [0.4, 0.5) is 5.69 Å². The first-order valence-electron chi connectivity index (χ1n) is 6.28. The van der Waals surface area contributed by atoms with Crippen molar-refractivity contribution in [3.8, 4) is 0 Å². The maximum atomic E-state index is 12.6. The summed E-state index contributed by atoms with van der Waals surface area (Å²) in [6.07, 6.45) is 0.740. The average molecular weight is 299 g/mol. The van der Waals surface area contributed by atoms with Crippen LogP contribution in [0.25, 0.3) is 0 Å². The van der Waals surface area contributed by atoms with Crippen molar-refractivity contribution < 1.29 is 13.3 Å². The summed E-state index contributed by atoms with van der Waals surface area (Å²) in [5.41, 5.74) is 0.307. The van der Waals surface area contributed by atoms with Crippen LogP contribution in [0.1, 0.15) is 12.0 Å². The third-order valence-electron chi connectivity index (χ3n) is 3.56. The van der Waals surface area contributed by atoms with Gasteiger partial charge in [0, 0.05) is 31.3 Å². The minimum absolute atomic E-state index is 0.0171. The fraction of sp³-hybridized carbons (Fsp3) is 0.500. The van der Waals surface area contributed by atoms with E-state index in [1.54, 1.807) is 14.0 Å².